The van der Waals surface area contributed by atoms with Crippen molar-refractivity contribution in [3.63, 3.8) is 0 Å². The summed E-state index contributed by atoms with van der Waals surface area (Å²) in [4.78, 5) is 15.4. The minimum Gasteiger partial charge on any atom is -0.408 e. The van der Waals surface area contributed by atoms with Gasteiger partial charge in [-0.25, -0.2) is 0 Å². The van der Waals surface area contributed by atoms with Crippen LogP contribution in [0.1, 0.15) is 22.0 Å². The summed E-state index contributed by atoms with van der Waals surface area (Å²) in [5.41, 5.74) is 1.97. The molecule has 0 amide bonds. The smallest absolute Gasteiger partial charge is 0.408 e. The summed E-state index contributed by atoms with van der Waals surface area (Å²) < 4.78 is 18.3. The summed E-state index contributed by atoms with van der Waals surface area (Å²) in [5.74, 6) is 1.35. The van der Waals surface area contributed by atoms with Gasteiger partial charge in [0.05, 0.1) is 6.04 Å². The van der Waals surface area contributed by atoms with Gasteiger partial charge in [0.1, 0.15) is 17.8 Å². The standard InChI is InChI=1S/C27H23ClNO4PS/c28-24-14-8-7-13-23(24)25(19-30)29-16-15-26-20(18-29)17-27(35-26)33-34(31-21-9-3-1-4-10-21)32-22-11-5-2-6-12-22/h1-14,17,19,25H,15-16,18H2. The molecule has 0 aliphatic carbocycles. The first kappa shape index (κ1) is 23.8. The minimum atomic E-state index is -1.72. The average Bonchev–Trinajstić information content (AvgIpc) is 3.28. The van der Waals surface area contributed by atoms with Crippen molar-refractivity contribution >= 4 is 37.8 Å². The SMILES string of the molecule is O=CC(c1ccccc1Cl)N1CCc2sc(OP(Oc3ccccc3)Oc3ccccc3)cc2C1. The molecule has 178 valence electrons. The lowest BCUT2D eigenvalue weighted by Gasteiger charge is -2.31. The van der Waals surface area contributed by atoms with Crippen LogP contribution in [-0.4, -0.2) is 17.7 Å². The maximum Gasteiger partial charge on any atom is 0.531 e. The largest absolute Gasteiger partial charge is 0.531 e. The van der Waals surface area contributed by atoms with Crippen molar-refractivity contribution < 1.29 is 18.4 Å². The van der Waals surface area contributed by atoms with Crippen LogP contribution in [0.15, 0.2) is 91.0 Å². The van der Waals surface area contributed by atoms with Gasteiger partial charge in [0.15, 0.2) is 5.06 Å². The van der Waals surface area contributed by atoms with E-state index in [2.05, 4.69) is 4.90 Å². The van der Waals surface area contributed by atoms with Crippen LogP contribution < -0.4 is 13.6 Å². The molecule has 0 radical (unpaired) electrons. The number of hydrogen-bond acceptors (Lipinski definition) is 6. The summed E-state index contributed by atoms with van der Waals surface area (Å²) in [6.07, 6.45) is 1.80. The molecule has 8 heteroatoms. The first-order valence-electron chi connectivity index (χ1n) is 11.2. The van der Waals surface area contributed by atoms with Gasteiger partial charge in [-0.05, 0) is 53.9 Å². The summed E-state index contributed by atoms with van der Waals surface area (Å²) >= 11 is 7.98. The van der Waals surface area contributed by atoms with Gasteiger partial charge in [-0.1, -0.05) is 66.2 Å². The topological polar surface area (TPSA) is 48.0 Å². The number of benzene rings is 3. The Morgan fingerprint density at radius 2 is 1.51 bits per heavy atom. The highest BCUT2D eigenvalue weighted by molar-refractivity contribution is 7.43. The van der Waals surface area contributed by atoms with E-state index in [0.717, 1.165) is 35.4 Å². The minimum absolute atomic E-state index is 0.388. The fourth-order valence-electron chi connectivity index (χ4n) is 3.95. The van der Waals surface area contributed by atoms with Crippen LogP contribution in [0, 0.1) is 0 Å². The maximum absolute atomic E-state index is 12.0. The molecule has 0 bridgehead atoms. The van der Waals surface area contributed by atoms with Crippen molar-refractivity contribution in [3.8, 4) is 16.6 Å². The molecule has 1 aliphatic heterocycles. The quantitative estimate of drug-likeness (QED) is 0.168. The molecule has 0 fully saturated rings. The zero-order chi connectivity index (χ0) is 24.0. The van der Waals surface area contributed by atoms with Gasteiger partial charge in [0.2, 0.25) is 0 Å². The zero-order valence-electron chi connectivity index (χ0n) is 18.7. The Hall–Kier alpha value is -2.89. The second kappa shape index (κ2) is 11.2. The van der Waals surface area contributed by atoms with E-state index in [0.29, 0.717) is 23.1 Å². The Balaban J connectivity index is 1.33. The molecular formula is C27H23ClNO4PS. The van der Waals surface area contributed by atoms with Crippen molar-refractivity contribution in [2.75, 3.05) is 6.54 Å². The van der Waals surface area contributed by atoms with E-state index in [9.17, 15) is 4.79 Å². The molecule has 0 spiro atoms. The molecule has 4 aromatic rings. The molecule has 1 aromatic heterocycles. The Bertz CT molecular complexity index is 1230. The number of carbonyl (C=O) groups is 1. The van der Waals surface area contributed by atoms with E-state index >= 15 is 0 Å². The first-order valence-corrected chi connectivity index (χ1v) is 13.5. The van der Waals surface area contributed by atoms with E-state index in [4.69, 9.17) is 25.2 Å². The summed E-state index contributed by atoms with van der Waals surface area (Å²) in [7, 11) is -1.72. The lowest BCUT2D eigenvalue weighted by atomic mass is 10.0. The zero-order valence-corrected chi connectivity index (χ0v) is 21.2. The van der Waals surface area contributed by atoms with Crippen molar-refractivity contribution in [2.24, 2.45) is 0 Å². The average molecular weight is 524 g/mol. The van der Waals surface area contributed by atoms with Gasteiger partial charge in [-0.15, -0.1) is 11.3 Å². The van der Waals surface area contributed by atoms with E-state index < -0.39 is 8.60 Å². The Morgan fingerprint density at radius 3 is 2.14 bits per heavy atom. The number of hydrogen-bond donors (Lipinski definition) is 0. The first-order chi connectivity index (χ1) is 17.2. The summed E-state index contributed by atoms with van der Waals surface area (Å²) in [6.45, 7) is 1.40. The molecule has 35 heavy (non-hydrogen) atoms. The van der Waals surface area contributed by atoms with Crippen LogP contribution >= 0.6 is 31.5 Å². The molecule has 1 aliphatic rings. The summed E-state index contributed by atoms with van der Waals surface area (Å²) in [5, 5.41) is 1.33. The number of halogens is 1. The van der Waals surface area contributed by atoms with E-state index in [-0.39, 0.29) is 6.04 Å². The van der Waals surface area contributed by atoms with Gasteiger partial charge < -0.3 is 18.4 Å². The van der Waals surface area contributed by atoms with Crippen molar-refractivity contribution in [1.29, 1.82) is 0 Å². The maximum atomic E-state index is 12.0. The fraction of sp³-hybridized carbons (Fsp3) is 0.148. The van der Waals surface area contributed by atoms with Gasteiger partial charge in [-0.2, -0.15) is 0 Å². The number of carbonyl (C=O) groups excluding carboxylic acids is 1. The molecule has 5 rings (SSSR count). The van der Waals surface area contributed by atoms with E-state index in [1.54, 1.807) is 11.3 Å². The number of rotatable bonds is 9. The predicted molar refractivity (Wildman–Crippen MR) is 140 cm³/mol. The number of para-hydroxylation sites is 2. The highest BCUT2D eigenvalue weighted by Crippen LogP contribution is 2.46. The van der Waals surface area contributed by atoms with Crippen molar-refractivity contribution in [1.82, 2.24) is 4.90 Å². The van der Waals surface area contributed by atoms with E-state index in [1.165, 1.54) is 4.88 Å². The normalized spacial score (nSPS) is 14.2. The number of nitrogens with zero attached hydrogens (tertiary/aromatic N) is 1. The molecule has 3 aromatic carbocycles. The third kappa shape index (κ3) is 5.85. The third-order valence-corrected chi connectivity index (χ3v) is 8.28. The van der Waals surface area contributed by atoms with Crippen LogP contribution in [0.2, 0.25) is 5.02 Å². The second-order valence-electron chi connectivity index (χ2n) is 7.96. The van der Waals surface area contributed by atoms with Gasteiger partial charge in [-0.3, -0.25) is 4.90 Å². The molecule has 0 N–H and O–H groups in total. The van der Waals surface area contributed by atoms with Crippen LogP contribution in [0.5, 0.6) is 16.6 Å². The molecule has 1 atom stereocenters. The van der Waals surface area contributed by atoms with E-state index in [1.807, 2.05) is 91.0 Å². The highest BCUT2D eigenvalue weighted by atomic mass is 35.5. The number of thiophene rings is 1. The van der Waals surface area contributed by atoms with Crippen LogP contribution in [0.3, 0.4) is 0 Å². The highest BCUT2D eigenvalue weighted by Gasteiger charge is 2.29. The molecule has 5 nitrogen and oxygen atoms in total. The summed E-state index contributed by atoms with van der Waals surface area (Å²) in [6, 6.07) is 28.1. The molecule has 2 heterocycles. The molecule has 0 saturated heterocycles. The third-order valence-electron chi connectivity index (χ3n) is 5.63. The monoisotopic (exact) mass is 523 g/mol. The van der Waals surface area contributed by atoms with Crippen LogP contribution in [0.4, 0.5) is 0 Å². The van der Waals surface area contributed by atoms with Crippen LogP contribution in [0.25, 0.3) is 0 Å². The molecule has 0 saturated carbocycles. The Kier molecular flexibility index (Phi) is 7.65. The van der Waals surface area contributed by atoms with Crippen molar-refractivity contribution in [3.05, 3.63) is 112 Å². The van der Waals surface area contributed by atoms with Gasteiger partial charge >= 0.3 is 8.60 Å². The lowest BCUT2D eigenvalue weighted by Crippen LogP contribution is -2.34. The Morgan fingerprint density at radius 1 is 0.886 bits per heavy atom. The number of fused-ring (bicyclic) bond motifs is 1. The van der Waals surface area contributed by atoms with Crippen LogP contribution in [-0.2, 0) is 17.8 Å². The second-order valence-corrected chi connectivity index (χ2v) is 10.5. The molecule has 1 unspecified atom stereocenters. The predicted octanol–water partition coefficient (Wildman–Crippen LogP) is 7.46. The molecular weight excluding hydrogens is 501 g/mol. The Labute approximate surface area is 214 Å². The van der Waals surface area contributed by atoms with Gasteiger partial charge in [0, 0.05) is 23.0 Å². The van der Waals surface area contributed by atoms with Gasteiger partial charge in [0.25, 0.3) is 0 Å². The lowest BCUT2D eigenvalue weighted by molar-refractivity contribution is -0.113. The van der Waals surface area contributed by atoms with Crippen molar-refractivity contribution in [2.45, 2.75) is 19.0 Å². The fourth-order valence-corrected chi connectivity index (χ4v) is 6.32. The number of aldehydes is 1.